The largest absolute Gasteiger partial charge is 0.370 e. The van der Waals surface area contributed by atoms with Gasteiger partial charge < -0.3 is 14.7 Å². The highest BCUT2D eigenvalue weighted by Crippen LogP contribution is 2.33. The van der Waals surface area contributed by atoms with Crippen LogP contribution in [0.4, 0.5) is 11.5 Å². The molecular weight excluding hydrogens is 534 g/mol. The number of rotatable bonds is 8. The number of aryl methyl sites for hydroxylation is 1. The molecule has 12 heteroatoms. The number of hydrogen-bond acceptors (Lipinski definition) is 10. The molecule has 0 bridgehead atoms. The molecule has 0 radical (unpaired) electrons. The Morgan fingerprint density at radius 2 is 1.85 bits per heavy atom. The molecule has 39 heavy (non-hydrogen) atoms. The van der Waals surface area contributed by atoms with Crippen LogP contribution in [0.25, 0.3) is 21.5 Å². The molecule has 2 saturated heterocycles. The highest BCUT2D eigenvalue weighted by Gasteiger charge is 2.30. The van der Waals surface area contributed by atoms with Gasteiger partial charge in [0, 0.05) is 63.3 Å². The van der Waals surface area contributed by atoms with E-state index in [0.29, 0.717) is 36.1 Å². The second-order valence-corrected chi connectivity index (χ2v) is 13.5. The van der Waals surface area contributed by atoms with Crippen LogP contribution in [0.2, 0.25) is 0 Å². The average molecular weight is 568 g/mol. The van der Waals surface area contributed by atoms with Gasteiger partial charge in [0.25, 0.3) is 10.0 Å². The first-order valence-electron chi connectivity index (χ1n) is 13.4. The van der Waals surface area contributed by atoms with Crippen LogP contribution in [-0.2, 0) is 10.0 Å². The molecule has 206 valence electrons. The molecule has 1 unspecified atom stereocenters. The monoisotopic (exact) mass is 567 g/mol. The number of nitrogens with zero attached hydrogens (tertiary/aromatic N) is 6. The Kier molecular flexibility index (Phi) is 7.27. The molecule has 2 aliphatic rings. The van der Waals surface area contributed by atoms with Crippen molar-refractivity contribution in [3.8, 4) is 10.6 Å². The summed E-state index contributed by atoms with van der Waals surface area (Å²) in [5.74, 6) is 1.43. The summed E-state index contributed by atoms with van der Waals surface area (Å²) < 4.78 is 33.8. The van der Waals surface area contributed by atoms with Gasteiger partial charge in [0.05, 0.1) is 21.8 Å². The normalized spacial score (nSPS) is 18.2. The van der Waals surface area contributed by atoms with Crippen molar-refractivity contribution in [3.05, 3.63) is 48.4 Å². The minimum atomic E-state index is -3.55. The molecular formula is C27H33N7O3S2. The highest BCUT2D eigenvalue weighted by molar-refractivity contribution is 7.91. The molecule has 10 nitrogen and oxygen atoms in total. The minimum Gasteiger partial charge on any atom is -0.370 e. The van der Waals surface area contributed by atoms with Gasteiger partial charge in [0.2, 0.25) is 0 Å². The molecule has 3 aromatic heterocycles. The fourth-order valence-electron chi connectivity index (χ4n) is 5.42. The number of para-hydroxylation sites is 1. The molecule has 1 aromatic carbocycles. The number of thiophene rings is 1. The van der Waals surface area contributed by atoms with Crippen LogP contribution in [0.3, 0.4) is 0 Å². The molecule has 1 atom stereocenters. The lowest BCUT2D eigenvalue weighted by atomic mass is 10.1. The van der Waals surface area contributed by atoms with Crippen molar-refractivity contribution in [2.75, 3.05) is 56.0 Å². The molecule has 0 spiro atoms. The number of aromatic nitrogens is 3. The van der Waals surface area contributed by atoms with Gasteiger partial charge >= 0.3 is 0 Å². The Bertz CT molecular complexity index is 1550. The van der Waals surface area contributed by atoms with Gasteiger partial charge in [-0.3, -0.25) is 4.90 Å². The Labute approximate surface area is 232 Å². The van der Waals surface area contributed by atoms with Crippen molar-refractivity contribution in [1.82, 2.24) is 24.3 Å². The maximum atomic E-state index is 13.3. The van der Waals surface area contributed by atoms with Crippen molar-refractivity contribution < 1.29 is 12.9 Å². The molecule has 0 amide bonds. The fourth-order valence-corrected chi connectivity index (χ4v) is 8.25. The molecule has 2 fully saturated rings. The average Bonchev–Trinajstić information content (AvgIpc) is 3.71. The molecule has 0 aliphatic carbocycles. The Morgan fingerprint density at radius 3 is 2.59 bits per heavy atom. The summed E-state index contributed by atoms with van der Waals surface area (Å²) in [6.45, 7) is 9.17. The first-order chi connectivity index (χ1) is 18.9. The molecule has 0 saturated carbocycles. The third kappa shape index (κ3) is 5.38. The van der Waals surface area contributed by atoms with Crippen LogP contribution in [0.15, 0.2) is 51.5 Å². The van der Waals surface area contributed by atoms with Gasteiger partial charge in [-0.25, -0.2) is 18.4 Å². The first-order valence-corrected chi connectivity index (χ1v) is 15.7. The fraction of sp³-hybridized carbons (Fsp3) is 0.444. The van der Waals surface area contributed by atoms with Crippen molar-refractivity contribution in [2.45, 2.75) is 36.9 Å². The number of benzene rings is 1. The van der Waals surface area contributed by atoms with E-state index in [9.17, 15) is 8.42 Å². The van der Waals surface area contributed by atoms with E-state index >= 15 is 0 Å². The Balaban J connectivity index is 1.07. The quantitative estimate of drug-likeness (QED) is 0.337. The lowest BCUT2D eigenvalue weighted by Crippen LogP contribution is -2.50. The predicted molar refractivity (Wildman–Crippen MR) is 154 cm³/mol. The zero-order chi connectivity index (χ0) is 27.0. The molecule has 5 heterocycles. The summed E-state index contributed by atoms with van der Waals surface area (Å²) in [6, 6.07) is 11.7. The summed E-state index contributed by atoms with van der Waals surface area (Å²) in [5.41, 5.74) is 2.93. The topological polar surface area (TPSA) is 108 Å². The predicted octanol–water partition coefficient (Wildman–Crippen LogP) is 4.06. The summed E-state index contributed by atoms with van der Waals surface area (Å²) in [6.07, 6.45) is 4.07. The Morgan fingerprint density at radius 1 is 1.05 bits per heavy atom. The third-order valence-corrected chi connectivity index (χ3v) is 10.8. The first kappa shape index (κ1) is 26.2. The second kappa shape index (κ2) is 10.8. The SMILES string of the molecule is Cc1cc(-c2ccc(S(=O)(=O)N3CCN(CC(C)Nc4ncnc5c(N6CCCC6)cccc45)CC3)s2)on1. The number of sulfonamides is 1. The van der Waals surface area contributed by atoms with Crippen LogP contribution >= 0.6 is 11.3 Å². The van der Waals surface area contributed by atoms with Crippen molar-refractivity contribution in [2.24, 2.45) is 0 Å². The van der Waals surface area contributed by atoms with Gasteiger partial charge in [0.1, 0.15) is 16.4 Å². The smallest absolute Gasteiger partial charge is 0.252 e. The van der Waals surface area contributed by atoms with Crippen LogP contribution < -0.4 is 10.2 Å². The minimum absolute atomic E-state index is 0.131. The van der Waals surface area contributed by atoms with E-state index in [0.717, 1.165) is 46.9 Å². The lowest BCUT2D eigenvalue weighted by molar-refractivity contribution is 0.184. The third-order valence-electron chi connectivity index (χ3n) is 7.38. The van der Waals surface area contributed by atoms with E-state index in [2.05, 4.69) is 55.4 Å². The van der Waals surface area contributed by atoms with Crippen molar-refractivity contribution in [1.29, 1.82) is 0 Å². The van der Waals surface area contributed by atoms with Gasteiger partial charge in [-0.2, -0.15) is 4.31 Å². The van der Waals surface area contributed by atoms with Crippen LogP contribution in [0.5, 0.6) is 0 Å². The van der Waals surface area contributed by atoms with Crippen molar-refractivity contribution in [3.63, 3.8) is 0 Å². The maximum Gasteiger partial charge on any atom is 0.252 e. The van der Waals surface area contributed by atoms with Gasteiger partial charge in [-0.1, -0.05) is 11.2 Å². The zero-order valence-electron chi connectivity index (χ0n) is 22.2. The molecule has 2 aliphatic heterocycles. The Hall–Kier alpha value is -3.06. The van der Waals surface area contributed by atoms with Crippen LogP contribution in [0, 0.1) is 6.92 Å². The van der Waals surface area contributed by atoms with Gasteiger partial charge in [0.15, 0.2) is 5.76 Å². The molecule has 4 aromatic rings. The number of piperazine rings is 1. The van der Waals surface area contributed by atoms with E-state index in [1.807, 2.05) is 13.0 Å². The van der Waals surface area contributed by atoms with E-state index in [-0.39, 0.29) is 6.04 Å². The highest BCUT2D eigenvalue weighted by atomic mass is 32.2. The van der Waals surface area contributed by atoms with E-state index < -0.39 is 10.0 Å². The summed E-state index contributed by atoms with van der Waals surface area (Å²) >= 11 is 1.22. The number of anilines is 2. The van der Waals surface area contributed by atoms with E-state index in [1.165, 1.54) is 29.9 Å². The zero-order valence-corrected chi connectivity index (χ0v) is 23.8. The lowest BCUT2D eigenvalue weighted by Gasteiger charge is -2.35. The summed E-state index contributed by atoms with van der Waals surface area (Å²) in [4.78, 5) is 14.6. The number of fused-ring (bicyclic) bond motifs is 1. The number of hydrogen-bond donors (Lipinski definition) is 1. The molecule has 1 N–H and O–H groups in total. The molecule has 6 rings (SSSR count). The summed E-state index contributed by atoms with van der Waals surface area (Å²) in [7, 11) is -3.55. The van der Waals surface area contributed by atoms with E-state index in [4.69, 9.17) is 4.52 Å². The summed E-state index contributed by atoms with van der Waals surface area (Å²) in [5, 5.41) is 8.51. The van der Waals surface area contributed by atoms with Gasteiger partial charge in [-0.05, 0) is 51.0 Å². The number of nitrogens with one attached hydrogen (secondary N) is 1. The maximum absolute atomic E-state index is 13.3. The van der Waals surface area contributed by atoms with Crippen LogP contribution in [0.1, 0.15) is 25.5 Å². The van der Waals surface area contributed by atoms with E-state index in [1.54, 1.807) is 22.8 Å². The standard InChI is InChI=1S/C27H33N7O3S2/c1-19-16-23(37-31-19)24-8-9-25(38-24)39(35,36)34-14-12-32(13-15-34)17-20(2)30-27-21-6-5-7-22(26(21)28-18-29-27)33-10-3-4-11-33/h5-9,16,18,20H,3-4,10-15,17H2,1-2H3,(H,28,29,30). The van der Waals surface area contributed by atoms with Crippen molar-refractivity contribution >= 4 is 43.8 Å². The second-order valence-electron chi connectivity index (χ2n) is 10.3. The van der Waals surface area contributed by atoms with Crippen LogP contribution in [-0.4, -0.2) is 84.6 Å². The van der Waals surface area contributed by atoms with Gasteiger partial charge in [-0.15, -0.1) is 11.3 Å².